The molecule has 0 bridgehead atoms. The summed E-state index contributed by atoms with van der Waals surface area (Å²) in [5, 5.41) is 7.68. The molecule has 1 aromatic heterocycles. The second-order valence-corrected chi connectivity index (χ2v) is 9.69. The maximum Gasteiger partial charge on any atom is 0.341 e. The number of ether oxygens (including phenoxy) is 1. The summed E-state index contributed by atoms with van der Waals surface area (Å²) >= 11 is 7.12. The van der Waals surface area contributed by atoms with E-state index in [9.17, 15) is 4.79 Å². The van der Waals surface area contributed by atoms with E-state index in [2.05, 4.69) is 31.4 Å². The van der Waals surface area contributed by atoms with Gasteiger partial charge in [0.25, 0.3) is 0 Å². The number of thiocarbonyl (C=S) groups is 1. The molecule has 0 saturated carbocycles. The number of esters is 1. The fraction of sp³-hybridized carbons (Fsp3) is 0.455. The van der Waals surface area contributed by atoms with Crippen LogP contribution in [0.5, 0.6) is 0 Å². The van der Waals surface area contributed by atoms with Crippen molar-refractivity contribution in [3.8, 4) is 0 Å². The maximum atomic E-state index is 12.7. The van der Waals surface area contributed by atoms with Crippen LogP contribution in [0.4, 0.5) is 10.7 Å². The van der Waals surface area contributed by atoms with Gasteiger partial charge in [-0.25, -0.2) is 4.79 Å². The van der Waals surface area contributed by atoms with Gasteiger partial charge in [0.1, 0.15) is 5.00 Å². The molecule has 150 valence electrons. The molecular formula is C22H28N2O2S2. The average molecular weight is 417 g/mol. The molecule has 0 spiro atoms. The Morgan fingerprint density at radius 2 is 1.96 bits per heavy atom. The van der Waals surface area contributed by atoms with E-state index < -0.39 is 0 Å². The number of carbonyl (C=O) groups is 1. The first-order valence-corrected chi connectivity index (χ1v) is 11.0. The van der Waals surface area contributed by atoms with Gasteiger partial charge in [-0.2, -0.15) is 0 Å². The monoisotopic (exact) mass is 416 g/mol. The predicted molar refractivity (Wildman–Crippen MR) is 122 cm³/mol. The number of thiophene rings is 1. The van der Waals surface area contributed by atoms with Crippen molar-refractivity contribution in [2.45, 2.75) is 47.0 Å². The number of benzene rings is 1. The Kier molecular flexibility index (Phi) is 6.40. The van der Waals surface area contributed by atoms with Crippen molar-refractivity contribution in [3.05, 3.63) is 46.3 Å². The smallest absolute Gasteiger partial charge is 0.341 e. The molecule has 0 aliphatic heterocycles. The summed E-state index contributed by atoms with van der Waals surface area (Å²) in [6.07, 6.45) is 2.99. The number of hydrogen-bond donors (Lipinski definition) is 2. The van der Waals surface area contributed by atoms with E-state index in [0.717, 1.165) is 35.5 Å². The summed E-state index contributed by atoms with van der Waals surface area (Å²) < 4.78 is 5.35. The standard InChI is InChI=1S/C22H28N2O2S2/c1-5-26-20(25)18-16-12-11-14(22(2,3)4)13-17(16)28-19(18)24-21(27)23-15-9-7-6-8-10-15/h6-10,14H,5,11-13H2,1-4H3,(H2,23,24,27)/t14-/m1/s1. The number of carbonyl (C=O) groups excluding carboxylic acids is 1. The molecule has 1 atom stereocenters. The number of fused-ring (bicyclic) bond motifs is 1. The Hall–Kier alpha value is -1.92. The molecule has 6 heteroatoms. The number of para-hydroxylation sites is 1. The first-order valence-electron chi connectivity index (χ1n) is 9.74. The predicted octanol–water partition coefficient (Wildman–Crippen LogP) is 5.88. The molecule has 2 N–H and O–H groups in total. The van der Waals surface area contributed by atoms with Crippen molar-refractivity contribution in [1.82, 2.24) is 0 Å². The fourth-order valence-electron chi connectivity index (χ4n) is 3.62. The minimum Gasteiger partial charge on any atom is -0.462 e. The second kappa shape index (κ2) is 8.62. The van der Waals surface area contributed by atoms with Gasteiger partial charge < -0.3 is 15.4 Å². The van der Waals surface area contributed by atoms with E-state index in [1.165, 1.54) is 4.88 Å². The molecule has 0 radical (unpaired) electrons. The Balaban J connectivity index is 1.86. The van der Waals surface area contributed by atoms with Crippen LogP contribution in [0.15, 0.2) is 30.3 Å². The van der Waals surface area contributed by atoms with Crippen molar-refractivity contribution in [3.63, 3.8) is 0 Å². The second-order valence-electron chi connectivity index (χ2n) is 8.18. The number of hydrogen-bond acceptors (Lipinski definition) is 4. The molecule has 1 aliphatic rings. The summed E-state index contributed by atoms with van der Waals surface area (Å²) in [7, 11) is 0. The molecule has 4 nitrogen and oxygen atoms in total. The lowest BCUT2D eigenvalue weighted by molar-refractivity contribution is 0.0526. The zero-order valence-corrected chi connectivity index (χ0v) is 18.6. The third kappa shape index (κ3) is 4.73. The summed E-state index contributed by atoms with van der Waals surface area (Å²) in [5.74, 6) is 0.343. The minimum atomic E-state index is -0.265. The SMILES string of the molecule is CCOC(=O)c1c(NC(=S)Nc2ccccc2)sc2c1CC[C@@H](C(C)(C)C)C2. The van der Waals surface area contributed by atoms with Gasteiger partial charge in [-0.05, 0) is 67.4 Å². The van der Waals surface area contributed by atoms with Crippen LogP contribution in [0.1, 0.15) is 54.9 Å². The summed E-state index contributed by atoms with van der Waals surface area (Å²) in [5.41, 5.74) is 2.95. The molecule has 0 amide bonds. The van der Waals surface area contributed by atoms with Gasteiger partial charge in [-0.1, -0.05) is 39.0 Å². The lowest BCUT2D eigenvalue weighted by atomic mass is 9.72. The maximum absolute atomic E-state index is 12.7. The lowest BCUT2D eigenvalue weighted by Crippen LogP contribution is -2.26. The molecule has 2 aromatic rings. The van der Waals surface area contributed by atoms with E-state index in [1.54, 1.807) is 11.3 Å². The molecule has 28 heavy (non-hydrogen) atoms. The van der Waals surface area contributed by atoms with Crippen LogP contribution in [0.3, 0.4) is 0 Å². The van der Waals surface area contributed by atoms with E-state index in [4.69, 9.17) is 17.0 Å². The molecule has 0 unspecified atom stereocenters. The summed E-state index contributed by atoms with van der Waals surface area (Å²) in [4.78, 5) is 14.0. The van der Waals surface area contributed by atoms with E-state index in [1.807, 2.05) is 37.3 Å². The minimum absolute atomic E-state index is 0.254. The van der Waals surface area contributed by atoms with Crippen LogP contribution in [0, 0.1) is 11.3 Å². The molecule has 1 aromatic carbocycles. The lowest BCUT2D eigenvalue weighted by Gasteiger charge is -2.33. The van der Waals surface area contributed by atoms with Crippen molar-refractivity contribution in [1.29, 1.82) is 0 Å². The molecule has 1 heterocycles. The number of anilines is 2. The number of nitrogens with one attached hydrogen (secondary N) is 2. The van der Waals surface area contributed by atoms with Gasteiger partial charge in [0.2, 0.25) is 0 Å². The van der Waals surface area contributed by atoms with Crippen LogP contribution in [0.25, 0.3) is 0 Å². The zero-order chi connectivity index (χ0) is 20.3. The first kappa shape index (κ1) is 20.8. The van der Waals surface area contributed by atoms with Crippen molar-refractivity contribution >= 4 is 45.3 Å². The zero-order valence-electron chi connectivity index (χ0n) is 16.9. The van der Waals surface area contributed by atoms with Crippen LogP contribution in [-0.4, -0.2) is 17.7 Å². The third-order valence-electron chi connectivity index (χ3n) is 5.23. The molecule has 1 aliphatic carbocycles. The normalized spacial score (nSPS) is 16.2. The van der Waals surface area contributed by atoms with E-state index >= 15 is 0 Å². The van der Waals surface area contributed by atoms with Gasteiger partial charge in [-0.3, -0.25) is 0 Å². The Morgan fingerprint density at radius 3 is 2.61 bits per heavy atom. The van der Waals surface area contributed by atoms with Crippen molar-refractivity contribution < 1.29 is 9.53 Å². The molecule has 0 fully saturated rings. The van der Waals surface area contributed by atoms with Gasteiger partial charge in [-0.15, -0.1) is 11.3 Å². The highest BCUT2D eigenvalue weighted by Crippen LogP contribution is 2.44. The van der Waals surface area contributed by atoms with Gasteiger partial charge in [0.05, 0.1) is 12.2 Å². The Bertz CT molecular complexity index is 853. The van der Waals surface area contributed by atoms with Gasteiger partial charge >= 0.3 is 5.97 Å². The summed E-state index contributed by atoms with van der Waals surface area (Å²) in [6, 6.07) is 9.76. The van der Waals surface area contributed by atoms with E-state index in [-0.39, 0.29) is 11.4 Å². The highest BCUT2D eigenvalue weighted by atomic mass is 32.1. The van der Waals surface area contributed by atoms with Crippen LogP contribution in [-0.2, 0) is 17.6 Å². The molecule has 3 rings (SSSR count). The third-order valence-corrected chi connectivity index (χ3v) is 6.60. The van der Waals surface area contributed by atoms with Gasteiger partial charge in [0.15, 0.2) is 5.11 Å². The Labute approximate surface area is 176 Å². The average Bonchev–Trinajstić information content (AvgIpc) is 2.98. The highest BCUT2D eigenvalue weighted by Gasteiger charge is 2.34. The first-order chi connectivity index (χ1) is 13.3. The molecule has 0 saturated heterocycles. The summed E-state index contributed by atoms with van der Waals surface area (Å²) in [6.45, 7) is 9.07. The largest absolute Gasteiger partial charge is 0.462 e. The quantitative estimate of drug-likeness (QED) is 0.481. The van der Waals surface area contributed by atoms with Crippen LogP contribution < -0.4 is 10.6 Å². The number of rotatable bonds is 4. The van der Waals surface area contributed by atoms with E-state index in [0.29, 0.717) is 23.2 Å². The van der Waals surface area contributed by atoms with Crippen LogP contribution >= 0.6 is 23.6 Å². The van der Waals surface area contributed by atoms with Crippen molar-refractivity contribution in [2.24, 2.45) is 11.3 Å². The van der Waals surface area contributed by atoms with Crippen LogP contribution in [0.2, 0.25) is 0 Å². The Morgan fingerprint density at radius 1 is 1.25 bits per heavy atom. The molecular weight excluding hydrogens is 388 g/mol. The topological polar surface area (TPSA) is 50.4 Å². The van der Waals surface area contributed by atoms with Crippen molar-refractivity contribution in [2.75, 3.05) is 17.2 Å². The highest BCUT2D eigenvalue weighted by molar-refractivity contribution is 7.80. The van der Waals surface area contributed by atoms with Gasteiger partial charge in [0, 0.05) is 10.6 Å². The fourth-order valence-corrected chi connectivity index (χ4v) is 5.22.